The molecule has 0 aromatic heterocycles. The van der Waals surface area contributed by atoms with Crippen LogP contribution in [0.15, 0.2) is 36.4 Å². The highest BCUT2D eigenvalue weighted by Gasteiger charge is 2.46. The van der Waals surface area contributed by atoms with E-state index in [4.69, 9.17) is 16.3 Å². The van der Waals surface area contributed by atoms with E-state index in [-0.39, 0.29) is 43.2 Å². The van der Waals surface area contributed by atoms with Gasteiger partial charge < -0.3 is 4.74 Å². The van der Waals surface area contributed by atoms with Crippen molar-refractivity contribution in [3.8, 4) is 0 Å². The molecule has 2 atom stereocenters. The number of hydrogen-bond acceptors (Lipinski definition) is 4. The van der Waals surface area contributed by atoms with Gasteiger partial charge in [0.05, 0.1) is 18.3 Å². The van der Waals surface area contributed by atoms with Gasteiger partial charge in [-0.25, -0.2) is 0 Å². The number of allylic oxidation sites excluding steroid dienone is 2. The van der Waals surface area contributed by atoms with Crippen LogP contribution in [0.5, 0.6) is 0 Å². The van der Waals surface area contributed by atoms with Crippen molar-refractivity contribution < 1.29 is 19.1 Å². The van der Waals surface area contributed by atoms with Crippen molar-refractivity contribution in [3.05, 3.63) is 47.0 Å². The smallest absolute Gasteiger partial charge is 0.307 e. The van der Waals surface area contributed by atoms with Gasteiger partial charge in [0.15, 0.2) is 0 Å². The fourth-order valence-electron chi connectivity index (χ4n) is 3.11. The van der Waals surface area contributed by atoms with E-state index >= 15 is 0 Å². The van der Waals surface area contributed by atoms with Crippen molar-refractivity contribution in [2.45, 2.75) is 25.9 Å². The van der Waals surface area contributed by atoms with Crippen LogP contribution >= 0.6 is 11.6 Å². The maximum atomic E-state index is 12.3. The molecule has 6 heteroatoms. The number of carbonyl (C=O) groups excluding carboxylic acids is 3. The minimum atomic E-state index is -0.432. The Balaban J connectivity index is 1.48. The Labute approximate surface area is 145 Å². The maximum Gasteiger partial charge on any atom is 0.307 e. The second-order valence-corrected chi connectivity index (χ2v) is 6.46. The first kappa shape index (κ1) is 16.7. The first-order valence-corrected chi connectivity index (χ1v) is 8.34. The normalized spacial score (nSPS) is 22.6. The van der Waals surface area contributed by atoms with Crippen LogP contribution in [0.25, 0.3) is 0 Å². The maximum absolute atomic E-state index is 12.3. The highest BCUT2D eigenvalue weighted by atomic mass is 35.5. The molecule has 1 aliphatic heterocycles. The molecule has 126 valence electrons. The fraction of sp³-hybridized carbons (Fsp3) is 0.389. The SMILES string of the molecule is O=C(CCN1C(=O)C2CC=CCC2C1=O)OCc1ccc(Cl)cc1. The van der Waals surface area contributed by atoms with Gasteiger partial charge in [0.25, 0.3) is 0 Å². The number of halogens is 1. The molecule has 2 aliphatic rings. The van der Waals surface area contributed by atoms with E-state index in [2.05, 4.69) is 0 Å². The summed E-state index contributed by atoms with van der Waals surface area (Å²) in [5.41, 5.74) is 0.832. The van der Waals surface area contributed by atoms with Crippen molar-refractivity contribution in [3.63, 3.8) is 0 Å². The van der Waals surface area contributed by atoms with Crippen LogP contribution in [0.2, 0.25) is 5.02 Å². The van der Waals surface area contributed by atoms with Gasteiger partial charge in [-0.3, -0.25) is 19.3 Å². The number of nitrogens with zero attached hydrogens (tertiary/aromatic N) is 1. The number of hydrogen-bond donors (Lipinski definition) is 0. The van der Waals surface area contributed by atoms with Crippen molar-refractivity contribution in [2.24, 2.45) is 11.8 Å². The van der Waals surface area contributed by atoms with Gasteiger partial charge >= 0.3 is 5.97 Å². The summed E-state index contributed by atoms with van der Waals surface area (Å²) < 4.78 is 5.17. The Morgan fingerprint density at radius 3 is 2.25 bits per heavy atom. The number of amides is 2. The van der Waals surface area contributed by atoms with Gasteiger partial charge in [0, 0.05) is 11.6 Å². The first-order chi connectivity index (χ1) is 11.6. The van der Waals surface area contributed by atoms with Crippen LogP contribution < -0.4 is 0 Å². The highest BCUT2D eigenvalue weighted by molar-refractivity contribution is 6.30. The van der Waals surface area contributed by atoms with E-state index in [0.29, 0.717) is 17.9 Å². The second kappa shape index (κ2) is 7.18. The minimum absolute atomic E-state index is 0.0118. The summed E-state index contributed by atoms with van der Waals surface area (Å²) in [5.74, 6) is -1.28. The van der Waals surface area contributed by atoms with Gasteiger partial charge in [-0.1, -0.05) is 35.9 Å². The van der Waals surface area contributed by atoms with Crippen LogP contribution in [0.4, 0.5) is 0 Å². The lowest BCUT2D eigenvalue weighted by molar-refractivity contribution is -0.146. The third-order valence-electron chi connectivity index (χ3n) is 4.45. The summed E-state index contributed by atoms with van der Waals surface area (Å²) in [7, 11) is 0. The van der Waals surface area contributed by atoms with Gasteiger partial charge in [-0.2, -0.15) is 0 Å². The number of fused-ring (bicyclic) bond motifs is 1. The monoisotopic (exact) mass is 347 g/mol. The summed E-state index contributed by atoms with van der Waals surface area (Å²) in [6.45, 7) is 0.233. The molecule has 1 aliphatic carbocycles. The van der Waals surface area contributed by atoms with Crippen LogP contribution in [-0.2, 0) is 25.7 Å². The molecule has 0 spiro atoms. The Hall–Kier alpha value is -2.14. The molecule has 2 amide bonds. The molecule has 24 heavy (non-hydrogen) atoms. The van der Waals surface area contributed by atoms with E-state index in [0.717, 1.165) is 5.56 Å². The fourth-order valence-corrected chi connectivity index (χ4v) is 3.24. The summed E-state index contributed by atoms with van der Waals surface area (Å²) in [5, 5.41) is 0.618. The molecular formula is C18H18ClNO4. The summed E-state index contributed by atoms with van der Waals surface area (Å²) >= 11 is 5.79. The van der Waals surface area contributed by atoms with E-state index < -0.39 is 5.97 Å². The Bertz CT molecular complexity index is 657. The summed E-state index contributed by atoms with van der Waals surface area (Å²) in [4.78, 5) is 37.6. The number of carbonyl (C=O) groups is 3. The predicted molar refractivity (Wildman–Crippen MR) is 87.9 cm³/mol. The van der Waals surface area contributed by atoms with Crippen molar-refractivity contribution >= 4 is 29.4 Å². The van der Waals surface area contributed by atoms with E-state index in [9.17, 15) is 14.4 Å². The zero-order valence-electron chi connectivity index (χ0n) is 13.1. The molecule has 5 nitrogen and oxygen atoms in total. The van der Waals surface area contributed by atoms with Gasteiger partial charge in [0.2, 0.25) is 11.8 Å². The molecule has 0 bridgehead atoms. The largest absolute Gasteiger partial charge is 0.461 e. The van der Waals surface area contributed by atoms with Gasteiger partial charge in [-0.15, -0.1) is 0 Å². The topological polar surface area (TPSA) is 63.7 Å². The van der Waals surface area contributed by atoms with Crippen molar-refractivity contribution in [1.82, 2.24) is 4.90 Å². The zero-order chi connectivity index (χ0) is 17.1. The van der Waals surface area contributed by atoms with Crippen LogP contribution in [-0.4, -0.2) is 29.2 Å². The predicted octanol–water partition coefficient (Wildman–Crippen LogP) is 2.72. The number of esters is 1. The summed E-state index contributed by atoms with van der Waals surface area (Å²) in [6, 6.07) is 7.01. The van der Waals surface area contributed by atoms with E-state index in [1.54, 1.807) is 24.3 Å². The number of likely N-dealkylation sites (tertiary alicyclic amines) is 1. The van der Waals surface area contributed by atoms with Gasteiger partial charge in [-0.05, 0) is 30.5 Å². The average molecular weight is 348 g/mol. The minimum Gasteiger partial charge on any atom is -0.461 e. The number of benzene rings is 1. The van der Waals surface area contributed by atoms with Gasteiger partial charge in [0.1, 0.15) is 6.61 Å². The molecule has 1 fully saturated rings. The first-order valence-electron chi connectivity index (χ1n) is 7.96. The molecule has 3 rings (SSSR count). The molecule has 0 saturated carbocycles. The number of imide groups is 1. The molecule has 1 heterocycles. The molecular weight excluding hydrogens is 330 g/mol. The van der Waals surface area contributed by atoms with Crippen molar-refractivity contribution in [2.75, 3.05) is 6.54 Å². The quantitative estimate of drug-likeness (QED) is 0.467. The van der Waals surface area contributed by atoms with Crippen LogP contribution in [0.3, 0.4) is 0 Å². The van der Waals surface area contributed by atoms with Crippen LogP contribution in [0, 0.1) is 11.8 Å². The molecule has 2 unspecified atom stereocenters. The lowest BCUT2D eigenvalue weighted by Gasteiger charge is -2.14. The van der Waals surface area contributed by atoms with E-state index in [1.807, 2.05) is 12.2 Å². The Kier molecular flexibility index (Phi) is 5.00. The van der Waals surface area contributed by atoms with Crippen molar-refractivity contribution in [1.29, 1.82) is 0 Å². The Morgan fingerprint density at radius 1 is 1.08 bits per heavy atom. The third-order valence-corrected chi connectivity index (χ3v) is 4.70. The summed E-state index contributed by atoms with van der Waals surface area (Å²) in [6.07, 6.45) is 5.10. The van der Waals surface area contributed by atoms with Crippen LogP contribution in [0.1, 0.15) is 24.8 Å². The molecule has 0 radical (unpaired) electrons. The number of rotatable bonds is 5. The molecule has 1 aromatic carbocycles. The average Bonchev–Trinajstić information content (AvgIpc) is 2.84. The molecule has 0 N–H and O–H groups in total. The third kappa shape index (κ3) is 3.51. The molecule has 1 aromatic rings. The standard InChI is InChI=1S/C18H18ClNO4/c19-13-7-5-12(6-8-13)11-24-16(21)9-10-20-17(22)14-3-1-2-4-15(14)18(20)23/h1-2,5-8,14-15H,3-4,9-11H2. The molecule has 1 saturated heterocycles. The number of ether oxygens (including phenoxy) is 1. The zero-order valence-corrected chi connectivity index (χ0v) is 13.9. The lowest BCUT2D eigenvalue weighted by atomic mass is 9.85. The second-order valence-electron chi connectivity index (χ2n) is 6.02. The Morgan fingerprint density at radius 2 is 1.67 bits per heavy atom. The lowest BCUT2D eigenvalue weighted by Crippen LogP contribution is -2.33. The highest BCUT2D eigenvalue weighted by Crippen LogP contribution is 2.35. The van der Waals surface area contributed by atoms with E-state index in [1.165, 1.54) is 4.90 Å².